The van der Waals surface area contributed by atoms with E-state index < -0.39 is 9.84 Å². The van der Waals surface area contributed by atoms with Gasteiger partial charge >= 0.3 is 0 Å². The molecule has 2 heterocycles. The van der Waals surface area contributed by atoms with Gasteiger partial charge in [-0.3, -0.25) is 0 Å². The van der Waals surface area contributed by atoms with Crippen LogP contribution < -0.4 is 10.2 Å². The maximum Gasteiger partial charge on any atom is 0.179 e. The van der Waals surface area contributed by atoms with Crippen molar-refractivity contribution in [2.75, 3.05) is 37.3 Å². The molecule has 1 N–H and O–H groups in total. The summed E-state index contributed by atoms with van der Waals surface area (Å²) in [6.07, 6.45) is 5.17. The van der Waals surface area contributed by atoms with E-state index in [1.807, 2.05) is 0 Å². The first-order chi connectivity index (χ1) is 9.52. The Labute approximate surface area is 121 Å². The van der Waals surface area contributed by atoms with Crippen molar-refractivity contribution in [3.8, 4) is 0 Å². The molecule has 20 heavy (non-hydrogen) atoms. The maximum atomic E-state index is 11.9. The number of hydrogen-bond acceptors (Lipinski definition) is 5. The third-order valence-electron chi connectivity index (χ3n) is 3.65. The van der Waals surface area contributed by atoms with E-state index in [2.05, 4.69) is 22.1 Å². The first kappa shape index (κ1) is 15.3. The molecule has 5 nitrogen and oxygen atoms in total. The van der Waals surface area contributed by atoms with E-state index in [9.17, 15) is 8.42 Å². The Kier molecular flexibility index (Phi) is 4.99. The van der Waals surface area contributed by atoms with E-state index in [-0.39, 0.29) is 0 Å². The van der Waals surface area contributed by atoms with Crippen LogP contribution in [0.5, 0.6) is 0 Å². The molecule has 1 unspecified atom stereocenters. The molecule has 1 saturated heterocycles. The van der Waals surface area contributed by atoms with Gasteiger partial charge in [0.2, 0.25) is 0 Å². The van der Waals surface area contributed by atoms with Gasteiger partial charge < -0.3 is 10.2 Å². The summed E-state index contributed by atoms with van der Waals surface area (Å²) in [7, 11) is -3.24. The van der Waals surface area contributed by atoms with Crippen LogP contribution in [0.4, 0.5) is 5.82 Å². The monoisotopic (exact) mass is 297 g/mol. The number of nitrogens with one attached hydrogen (secondary N) is 1. The number of aromatic nitrogens is 1. The van der Waals surface area contributed by atoms with Gasteiger partial charge in [-0.05, 0) is 44.0 Å². The minimum atomic E-state index is -3.24. The van der Waals surface area contributed by atoms with Crippen LogP contribution in [-0.2, 0) is 9.84 Å². The largest absolute Gasteiger partial charge is 0.355 e. The Morgan fingerprint density at radius 2 is 2.30 bits per heavy atom. The van der Waals surface area contributed by atoms with Crippen molar-refractivity contribution < 1.29 is 8.42 Å². The van der Waals surface area contributed by atoms with Crippen molar-refractivity contribution in [2.24, 2.45) is 5.92 Å². The molecule has 0 spiro atoms. The van der Waals surface area contributed by atoms with Crippen LogP contribution in [0.2, 0.25) is 0 Å². The summed E-state index contributed by atoms with van der Waals surface area (Å²) in [4.78, 5) is 6.76. The molecule has 2 rings (SSSR count). The van der Waals surface area contributed by atoms with E-state index in [1.54, 1.807) is 18.3 Å². The molecule has 0 bridgehead atoms. The molecule has 0 amide bonds. The number of hydrogen-bond donors (Lipinski definition) is 1. The molecule has 0 aliphatic carbocycles. The third kappa shape index (κ3) is 3.70. The number of rotatable bonds is 5. The van der Waals surface area contributed by atoms with Crippen molar-refractivity contribution >= 4 is 15.7 Å². The SMILES string of the molecule is CCNCC1CCCN(c2ncccc2S(C)(=O)=O)C1. The number of pyridine rings is 1. The second kappa shape index (κ2) is 6.54. The lowest BCUT2D eigenvalue weighted by Crippen LogP contribution is -2.40. The second-order valence-corrected chi connectivity index (χ2v) is 7.34. The highest BCUT2D eigenvalue weighted by molar-refractivity contribution is 7.90. The Morgan fingerprint density at radius 1 is 1.50 bits per heavy atom. The topological polar surface area (TPSA) is 62.3 Å². The first-order valence-electron chi connectivity index (χ1n) is 7.13. The average molecular weight is 297 g/mol. The van der Waals surface area contributed by atoms with Gasteiger partial charge in [0.25, 0.3) is 0 Å². The minimum Gasteiger partial charge on any atom is -0.355 e. The average Bonchev–Trinajstić information content (AvgIpc) is 2.44. The smallest absolute Gasteiger partial charge is 0.179 e. The fourth-order valence-corrected chi connectivity index (χ4v) is 3.52. The van der Waals surface area contributed by atoms with E-state index in [4.69, 9.17) is 0 Å². The molecule has 1 aromatic rings. The highest BCUT2D eigenvalue weighted by atomic mass is 32.2. The predicted octanol–water partition coefficient (Wildman–Crippen LogP) is 1.31. The van der Waals surface area contributed by atoms with Crippen LogP contribution in [0.15, 0.2) is 23.2 Å². The van der Waals surface area contributed by atoms with E-state index in [0.717, 1.165) is 32.6 Å². The zero-order valence-electron chi connectivity index (χ0n) is 12.2. The molecule has 6 heteroatoms. The molecule has 1 fully saturated rings. The van der Waals surface area contributed by atoms with Crippen molar-refractivity contribution in [3.05, 3.63) is 18.3 Å². The van der Waals surface area contributed by atoms with Crippen molar-refractivity contribution in [2.45, 2.75) is 24.7 Å². The van der Waals surface area contributed by atoms with Crippen molar-refractivity contribution in [3.63, 3.8) is 0 Å². The van der Waals surface area contributed by atoms with Gasteiger partial charge in [-0.1, -0.05) is 6.92 Å². The van der Waals surface area contributed by atoms with Crippen LogP contribution in [0, 0.1) is 5.92 Å². The fraction of sp³-hybridized carbons (Fsp3) is 0.643. The van der Waals surface area contributed by atoms with Gasteiger partial charge in [0.1, 0.15) is 10.7 Å². The molecule has 112 valence electrons. The van der Waals surface area contributed by atoms with Crippen molar-refractivity contribution in [1.82, 2.24) is 10.3 Å². The van der Waals surface area contributed by atoms with Crippen LogP contribution in [-0.4, -0.2) is 45.8 Å². The lowest BCUT2D eigenvalue weighted by atomic mass is 9.98. The highest BCUT2D eigenvalue weighted by Crippen LogP contribution is 2.26. The van der Waals surface area contributed by atoms with Crippen LogP contribution in [0.1, 0.15) is 19.8 Å². The number of anilines is 1. The Morgan fingerprint density at radius 3 is 3.00 bits per heavy atom. The lowest BCUT2D eigenvalue weighted by Gasteiger charge is -2.34. The number of sulfone groups is 1. The highest BCUT2D eigenvalue weighted by Gasteiger charge is 2.24. The van der Waals surface area contributed by atoms with E-state index in [1.165, 1.54) is 12.7 Å². The normalized spacial score (nSPS) is 20.1. The zero-order valence-corrected chi connectivity index (χ0v) is 13.0. The lowest BCUT2D eigenvalue weighted by molar-refractivity contribution is 0.393. The summed E-state index contributed by atoms with van der Waals surface area (Å²) < 4.78 is 23.7. The summed E-state index contributed by atoms with van der Waals surface area (Å²) in [5.74, 6) is 1.16. The van der Waals surface area contributed by atoms with Crippen LogP contribution in [0.25, 0.3) is 0 Å². The van der Waals surface area contributed by atoms with Gasteiger partial charge in [0.15, 0.2) is 9.84 Å². The van der Waals surface area contributed by atoms with E-state index in [0.29, 0.717) is 16.6 Å². The Hall–Kier alpha value is -1.14. The maximum absolute atomic E-state index is 11.9. The molecule has 1 aliphatic heterocycles. The zero-order chi connectivity index (χ0) is 14.6. The fourth-order valence-electron chi connectivity index (χ4n) is 2.68. The molecule has 0 radical (unpaired) electrons. The molecule has 1 atom stereocenters. The van der Waals surface area contributed by atoms with Gasteiger partial charge in [-0.15, -0.1) is 0 Å². The standard InChI is InChI=1S/C14H23N3O2S/c1-3-15-10-12-6-5-9-17(11-12)14-13(20(2,18)19)7-4-8-16-14/h4,7-8,12,15H,3,5-6,9-11H2,1-2H3. The van der Waals surface area contributed by atoms with E-state index >= 15 is 0 Å². The molecule has 0 saturated carbocycles. The summed E-state index contributed by atoms with van der Waals surface area (Å²) in [6, 6.07) is 3.32. The van der Waals surface area contributed by atoms with Gasteiger partial charge in [0, 0.05) is 25.5 Å². The molecule has 1 aliphatic rings. The van der Waals surface area contributed by atoms with Gasteiger partial charge in [-0.2, -0.15) is 0 Å². The summed E-state index contributed by atoms with van der Waals surface area (Å²) in [5, 5.41) is 3.37. The quantitative estimate of drug-likeness (QED) is 0.888. The second-order valence-electron chi connectivity index (χ2n) is 5.36. The van der Waals surface area contributed by atoms with Crippen molar-refractivity contribution in [1.29, 1.82) is 0 Å². The molecular formula is C14H23N3O2S. The third-order valence-corrected chi connectivity index (χ3v) is 4.77. The molecule has 0 aromatic carbocycles. The summed E-state index contributed by atoms with van der Waals surface area (Å²) in [6.45, 7) is 5.79. The summed E-state index contributed by atoms with van der Waals surface area (Å²) >= 11 is 0. The van der Waals surface area contributed by atoms with Crippen LogP contribution >= 0.6 is 0 Å². The summed E-state index contributed by atoms with van der Waals surface area (Å²) in [5.41, 5.74) is 0. The molecular weight excluding hydrogens is 274 g/mol. The first-order valence-corrected chi connectivity index (χ1v) is 9.02. The van der Waals surface area contributed by atoms with Gasteiger partial charge in [-0.25, -0.2) is 13.4 Å². The predicted molar refractivity (Wildman–Crippen MR) is 80.8 cm³/mol. The minimum absolute atomic E-state index is 0.337. The number of piperidine rings is 1. The number of nitrogens with zero attached hydrogens (tertiary/aromatic N) is 2. The molecule has 1 aromatic heterocycles. The van der Waals surface area contributed by atoms with Gasteiger partial charge in [0.05, 0.1) is 0 Å². The van der Waals surface area contributed by atoms with Crippen LogP contribution in [0.3, 0.4) is 0 Å². The Bertz CT molecular complexity index is 545. The Balaban J connectivity index is 2.19.